The summed E-state index contributed by atoms with van der Waals surface area (Å²) in [6.45, 7) is 2.73. The first kappa shape index (κ1) is 17.4. The highest BCUT2D eigenvalue weighted by Crippen LogP contribution is 2.33. The van der Waals surface area contributed by atoms with Crippen LogP contribution in [0, 0.1) is 0 Å². The molecule has 0 saturated heterocycles. The number of rotatable bonds is 12. The van der Waals surface area contributed by atoms with Crippen molar-refractivity contribution in [2.24, 2.45) is 0 Å². The van der Waals surface area contributed by atoms with Crippen molar-refractivity contribution in [1.29, 1.82) is 0 Å². The SMILES string of the molecule is CCCCCCCCCOP(O)OOc1ccccc1. The quantitative estimate of drug-likeness (QED) is 0.256. The average Bonchev–Trinajstić information content (AvgIpc) is 2.49. The van der Waals surface area contributed by atoms with Gasteiger partial charge in [0, 0.05) is 0 Å². The van der Waals surface area contributed by atoms with Crippen LogP contribution < -0.4 is 4.89 Å². The van der Waals surface area contributed by atoms with E-state index in [1.165, 1.54) is 32.1 Å². The molecule has 0 aliphatic heterocycles. The van der Waals surface area contributed by atoms with E-state index in [0.29, 0.717) is 12.4 Å². The fraction of sp³-hybridized carbons (Fsp3) is 0.600. The molecule has 0 aliphatic carbocycles. The van der Waals surface area contributed by atoms with E-state index in [-0.39, 0.29) is 0 Å². The van der Waals surface area contributed by atoms with E-state index in [1.807, 2.05) is 18.2 Å². The largest absolute Gasteiger partial charge is 0.373 e. The number of benzene rings is 1. The van der Waals surface area contributed by atoms with Crippen molar-refractivity contribution in [3.8, 4) is 5.75 Å². The molecule has 0 aliphatic rings. The van der Waals surface area contributed by atoms with Gasteiger partial charge in [-0.3, -0.25) is 0 Å². The van der Waals surface area contributed by atoms with Gasteiger partial charge in [-0.25, -0.2) is 0 Å². The Balaban J connectivity index is 1.91. The van der Waals surface area contributed by atoms with Crippen molar-refractivity contribution in [1.82, 2.24) is 0 Å². The van der Waals surface area contributed by atoms with Crippen molar-refractivity contribution in [2.75, 3.05) is 6.61 Å². The van der Waals surface area contributed by atoms with Gasteiger partial charge in [-0.05, 0) is 18.6 Å². The lowest BCUT2D eigenvalue weighted by molar-refractivity contribution is -0.113. The molecule has 0 saturated carbocycles. The molecule has 0 fully saturated rings. The van der Waals surface area contributed by atoms with E-state index in [1.54, 1.807) is 12.1 Å². The summed E-state index contributed by atoms with van der Waals surface area (Å²) in [6.07, 6.45) is 8.51. The van der Waals surface area contributed by atoms with E-state index in [0.717, 1.165) is 12.8 Å². The Morgan fingerprint density at radius 3 is 2.30 bits per heavy atom. The molecule has 0 aromatic heterocycles. The molecule has 1 unspecified atom stereocenters. The molecule has 1 aromatic rings. The van der Waals surface area contributed by atoms with Gasteiger partial charge in [-0.1, -0.05) is 63.6 Å². The van der Waals surface area contributed by atoms with Gasteiger partial charge < -0.3 is 14.3 Å². The Hall–Kier alpha value is -0.670. The zero-order valence-electron chi connectivity index (χ0n) is 12.2. The molecule has 0 heterocycles. The van der Waals surface area contributed by atoms with Crippen LogP contribution in [0.3, 0.4) is 0 Å². The molecule has 1 N–H and O–H groups in total. The summed E-state index contributed by atoms with van der Waals surface area (Å²) in [5.41, 5.74) is 0. The second-order valence-corrected chi connectivity index (χ2v) is 5.55. The Kier molecular flexibility index (Phi) is 10.5. The molecule has 1 rings (SSSR count). The van der Waals surface area contributed by atoms with Crippen LogP contribution in [0.4, 0.5) is 0 Å². The molecule has 0 spiro atoms. The second-order valence-electron chi connectivity index (χ2n) is 4.66. The average molecular weight is 300 g/mol. The smallest absolute Gasteiger partial charge is 0.329 e. The first-order chi connectivity index (χ1) is 9.83. The Morgan fingerprint density at radius 1 is 0.950 bits per heavy atom. The van der Waals surface area contributed by atoms with Crippen LogP contribution in [0.15, 0.2) is 30.3 Å². The minimum Gasteiger partial charge on any atom is -0.329 e. The third kappa shape index (κ3) is 9.27. The monoisotopic (exact) mass is 300 g/mol. The van der Waals surface area contributed by atoms with Crippen LogP contribution in [-0.4, -0.2) is 11.5 Å². The summed E-state index contributed by atoms with van der Waals surface area (Å²) in [5, 5.41) is 0. The summed E-state index contributed by atoms with van der Waals surface area (Å²) < 4.78 is 9.95. The Morgan fingerprint density at radius 2 is 1.60 bits per heavy atom. The molecule has 20 heavy (non-hydrogen) atoms. The Labute approximate surface area is 123 Å². The highest BCUT2D eigenvalue weighted by Gasteiger charge is 2.08. The van der Waals surface area contributed by atoms with Crippen molar-refractivity contribution < 1.29 is 19.0 Å². The van der Waals surface area contributed by atoms with Gasteiger partial charge in [0.2, 0.25) is 0 Å². The van der Waals surface area contributed by atoms with Crippen molar-refractivity contribution in [3.05, 3.63) is 30.3 Å². The number of hydrogen-bond acceptors (Lipinski definition) is 4. The van der Waals surface area contributed by atoms with Gasteiger partial charge in [-0.2, -0.15) is 0 Å². The molecule has 4 nitrogen and oxygen atoms in total. The van der Waals surface area contributed by atoms with Gasteiger partial charge >= 0.3 is 8.60 Å². The lowest BCUT2D eigenvalue weighted by atomic mass is 10.1. The van der Waals surface area contributed by atoms with Crippen molar-refractivity contribution in [2.45, 2.75) is 51.9 Å². The third-order valence-corrected chi connectivity index (χ3v) is 3.50. The topological polar surface area (TPSA) is 47.9 Å². The predicted molar refractivity (Wildman–Crippen MR) is 81.2 cm³/mol. The normalized spacial score (nSPS) is 12.3. The van der Waals surface area contributed by atoms with Crippen molar-refractivity contribution >= 4 is 8.60 Å². The van der Waals surface area contributed by atoms with Crippen molar-refractivity contribution in [3.63, 3.8) is 0 Å². The van der Waals surface area contributed by atoms with E-state index in [4.69, 9.17) is 14.1 Å². The van der Waals surface area contributed by atoms with E-state index < -0.39 is 8.60 Å². The molecular formula is C15H25O4P. The van der Waals surface area contributed by atoms with E-state index in [2.05, 4.69) is 6.92 Å². The molecule has 0 amide bonds. The minimum absolute atomic E-state index is 0.508. The zero-order chi connectivity index (χ0) is 14.5. The highest BCUT2D eigenvalue weighted by molar-refractivity contribution is 7.40. The number of unbranched alkanes of at least 4 members (excludes halogenated alkanes) is 6. The highest BCUT2D eigenvalue weighted by atomic mass is 31.2. The minimum atomic E-state index is -1.96. The lowest BCUT2D eigenvalue weighted by Crippen LogP contribution is -1.96. The van der Waals surface area contributed by atoms with Crippen LogP contribution in [-0.2, 0) is 9.20 Å². The van der Waals surface area contributed by atoms with Crippen LogP contribution in [0.5, 0.6) is 5.75 Å². The Bertz CT molecular complexity index is 321. The molecule has 1 atom stereocenters. The standard InChI is InChI=1S/C15H25O4P/c1-2-3-4-5-6-7-11-14-17-20(16)19-18-15-12-9-8-10-13-15/h8-10,12-13,16H,2-7,11,14H2,1H3. The van der Waals surface area contributed by atoms with E-state index >= 15 is 0 Å². The van der Waals surface area contributed by atoms with Crippen LogP contribution in [0.1, 0.15) is 51.9 Å². The molecule has 0 bridgehead atoms. The maximum Gasteiger partial charge on any atom is 0.373 e. The zero-order valence-corrected chi connectivity index (χ0v) is 13.1. The van der Waals surface area contributed by atoms with Gasteiger partial charge in [0.15, 0.2) is 5.75 Å². The molecule has 1 aromatic carbocycles. The summed E-state index contributed by atoms with van der Waals surface area (Å²) in [7, 11) is -1.96. The fourth-order valence-electron chi connectivity index (χ4n) is 1.77. The summed E-state index contributed by atoms with van der Waals surface area (Å²) in [4.78, 5) is 14.4. The summed E-state index contributed by atoms with van der Waals surface area (Å²) in [6, 6.07) is 9.04. The summed E-state index contributed by atoms with van der Waals surface area (Å²) >= 11 is 0. The van der Waals surface area contributed by atoms with Crippen LogP contribution in [0.2, 0.25) is 0 Å². The van der Waals surface area contributed by atoms with Gasteiger partial charge in [0.1, 0.15) is 0 Å². The molecule has 0 radical (unpaired) electrons. The molecule has 5 heteroatoms. The predicted octanol–water partition coefficient (Wildman–Crippen LogP) is 4.98. The lowest BCUT2D eigenvalue weighted by Gasteiger charge is -2.09. The van der Waals surface area contributed by atoms with Crippen LogP contribution >= 0.6 is 8.60 Å². The molecular weight excluding hydrogens is 275 g/mol. The van der Waals surface area contributed by atoms with Gasteiger partial charge in [0.05, 0.1) is 6.61 Å². The summed E-state index contributed by atoms with van der Waals surface area (Å²) in [5.74, 6) is 0.550. The fourth-order valence-corrected chi connectivity index (χ4v) is 2.25. The number of para-hydroxylation sites is 1. The van der Waals surface area contributed by atoms with Crippen LogP contribution in [0.25, 0.3) is 0 Å². The third-order valence-electron chi connectivity index (χ3n) is 2.89. The maximum atomic E-state index is 9.48. The number of hydrogen-bond donors (Lipinski definition) is 1. The first-order valence-electron chi connectivity index (χ1n) is 7.34. The van der Waals surface area contributed by atoms with Gasteiger partial charge in [0.25, 0.3) is 0 Å². The van der Waals surface area contributed by atoms with E-state index in [9.17, 15) is 4.89 Å². The second kappa shape index (κ2) is 12.1. The first-order valence-corrected chi connectivity index (χ1v) is 8.47. The molecule has 114 valence electrons. The van der Waals surface area contributed by atoms with Gasteiger partial charge in [-0.15, -0.1) is 4.67 Å². The maximum absolute atomic E-state index is 9.48.